The first-order chi connectivity index (χ1) is 7.72. The van der Waals surface area contributed by atoms with Crippen molar-refractivity contribution in [3.63, 3.8) is 0 Å². The zero-order valence-corrected chi connectivity index (χ0v) is 9.35. The van der Waals surface area contributed by atoms with Gasteiger partial charge < -0.3 is 11.2 Å². The Morgan fingerprint density at radius 3 is 3.19 bits per heavy atom. The van der Waals surface area contributed by atoms with Crippen molar-refractivity contribution < 1.29 is 0 Å². The molecule has 5 N–H and O–H groups in total. The molecule has 0 saturated heterocycles. The Hall–Kier alpha value is -1.60. The number of hydrogen-bond donors (Lipinski definition) is 3. The fraction of sp³-hybridized carbons (Fsp3) is 0.556. The number of aryl methyl sites for hydroxylation is 1. The molecule has 2 heterocycles. The van der Waals surface area contributed by atoms with Gasteiger partial charge in [0.25, 0.3) is 0 Å². The monoisotopic (exact) mass is 223 g/mol. The average molecular weight is 223 g/mol. The highest BCUT2D eigenvalue weighted by atomic mass is 15.4. The molecule has 16 heavy (non-hydrogen) atoms. The first-order valence-electron chi connectivity index (χ1n) is 5.26. The van der Waals surface area contributed by atoms with Gasteiger partial charge in [-0.25, -0.2) is 5.84 Å². The van der Waals surface area contributed by atoms with E-state index in [2.05, 4.69) is 15.5 Å². The van der Waals surface area contributed by atoms with Crippen molar-refractivity contribution >= 4 is 5.84 Å². The minimum absolute atomic E-state index is 0.487. The Kier molecular flexibility index (Phi) is 3.07. The second kappa shape index (κ2) is 4.50. The summed E-state index contributed by atoms with van der Waals surface area (Å²) in [6.45, 7) is 2.75. The van der Waals surface area contributed by atoms with E-state index in [-0.39, 0.29) is 0 Å². The van der Waals surface area contributed by atoms with Crippen molar-refractivity contribution in [1.82, 2.24) is 20.1 Å². The molecule has 7 nitrogen and oxygen atoms in total. The van der Waals surface area contributed by atoms with Gasteiger partial charge in [-0.3, -0.25) is 9.69 Å². The molecule has 88 valence electrons. The predicted octanol–water partition coefficient (Wildman–Crippen LogP) is -1.20. The number of hydrazone groups is 1. The summed E-state index contributed by atoms with van der Waals surface area (Å²) in [6, 6.07) is 1.97. The Morgan fingerprint density at radius 1 is 1.69 bits per heavy atom. The maximum atomic E-state index is 5.63. The van der Waals surface area contributed by atoms with E-state index in [9.17, 15) is 0 Å². The second-order valence-electron chi connectivity index (χ2n) is 3.84. The van der Waals surface area contributed by atoms with Crippen LogP contribution in [0.3, 0.4) is 0 Å². The molecule has 0 aliphatic carbocycles. The maximum absolute atomic E-state index is 5.63. The molecule has 2 rings (SSSR count). The number of rotatable bonds is 1. The van der Waals surface area contributed by atoms with Gasteiger partial charge in [0.2, 0.25) is 0 Å². The summed E-state index contributed by atoms with van der Waals surface area (Å²) in [5.74, 6) is 11.4. The fourth-order valence-corrected chi connectivity index (χ4v) is 1.81. The SMILES string of the molecule is CN(N)/C(=N\N)c1cc2n(n1)CCCNC2. The van der Waals surface area contributed by atoms with E-state index in [1.165, 1.54) is 5.01 Å². The minimum Gasteiger partial charge on any atom is -0.321 e. The lowest BCUT2D eigenvalue weighted by Crippen LogP contribution is -2.35. The molecule has 0 radical (unpaired) electrons. The lowest BCUT2D eigenvalue weighted by Gasteiger charge is -2.11. The number of amidine groups is 1. The van der Waals surface area contributed by atoms with Gasteiger partial charge in [-0.1, -0.05) is 0 Å². The van der Waals surface area contributed by atoms with E-state index in [0.29, 0.717) is 11.5 Å². The highest BCUT2D eigenvalue weighted by molar-refractivity contribution is 5.96. The maximum Gasteiger partial charge on any atom is 0.189 e. The summed E-state index contributed by atoms with van der Waals surface area (Å²) in [7, 11) is 1.69. The molecule has 1 aliphatic heterocycles. The number of nitrogens with zero attached hydrogens (tertiary/aromatic N) is 4. The molecule has 0 amide bonds. The minimum atomic E-state index is 0.487. The van der Waals surface area contributed by atoms with Gasteiger partial charge in [0.1, 0.15) is 5.69 Å². The van der Waals surface area contributed by atoms with Crippen molar-refractivity contribution in [3.8, 4) is 0 Å². The molecular formula is C9H17N7. The fourth-order valence-electron chi connectivity index (χ4n) is 1.81. The molecule has 1 aliphatic rings. The first-order valence-corrected chi connectivity index (χ1v) is 5.26. The Labute approximate surface area is 94.0 Å². The molecule has 0 fully saturated rings. The molecule has 1 aromatic heterocycles. The van der Waals surface area contributed by atoms with E-state index >= 15 is 0 Å². The van der Waals surface area contributed by atoms with Crippen molar-refractivity contribution in [1.29, 1.82) is 0 Å². The van der Waals surface area contributed by atoms with E-state index in [0.717, 1.165) is 31.7 Å². The summed E-state index contributed by atoms with van der Waals surface area (Å²) in [5, 5.41) is 12.8. The number of fused-ring (bicyclic) bond motifs is 1. The molecule has 0 saturated carbocycles. The third kappa shape index (κ3) is 2.00. The second-order valence-corrected chi connectivity index (χ2v) is 3.84. The lowest BCUT2D eigenvalue weighted by atomic mass is 10.3. The Morgan fingerprint density at radius 2 is 2.50 bits per heavy atom. The van der Waals surface area contributed by atoms with Crippen LogP contribution in [0, 0.1) is 0 Å². The van der Waals surface area contributed by atoms with Crippen LogP contribution in [-0.4, -0.2) is 34.2 Å². The van der Waals surface area contributed by atoms with Crippen LogP contribution in [0.15, 0.2) is 11.2 Å². The Balaban J connectivity index is 2.30. The zero-order valence-electron chi connectivity index (χ0n) is 9.35. The number of aromatic nitrogens is 2. The van der Waals surface area contributed by atoms with Crippen LogP contribution in [0.2, 0.25) is 0 Å². The van der Waals surface area contributed by atoms with Crippen LogP contribution in [-0.2, 0) is 13.1 Å². The highest BCUT2D eigenvalue weighted by Gasteiger charge is 2.15. The summed E-state index contributed by atoms with van der Waals surface area (Å²) in [5.41, 5.74) is 1.85. The van der Waals surface area contributed by atoms with E-state index < -0.39 is 0 Å². The summed E-state index contributed by atoms with van der Waals surface area (Å²) in [4.78, 5) is 0. The van der Waals surface area contributed by atoms with E-state index in [4.69, 9.17) is 11.7 Å². The molecule has 1 aromatic rings. The third-order valence-corrected chi connectivity index (χ3v) is 2.58. The van der Waals surface area contributed by atoms with Crippen LogP contribution in [0.4, 0.5) is 0 Å². The third-order valence-electron chi connectivity index (χ3n) is 2.58. The summed E-state index contributed by atoms with van der Waals surface area (Å²) in [6.07, 6.45) is 1.07. The van der Waals surface area contributed by atoms with Crippen LogP contribution in [0.25, 0.3) is 0 Å². The molecule has 0 atom stereocenters. The summed E-state index contributed by atoms with van der Waals surface area (Å²) >= 11 is 0. The molecule has 0 aromatic carbocycles. The van der Waals surface area contributed by atoms with Gasteiger partial charge in [0.15, 0.2) is 5.84 Å². The topological polar surface area (TPSA) is 97.5 Å². The van der Waals surface area contributed by atoms with Gasteiger partial charge in [-0.05, 0) is 19.0 Å². The van der Waals surface area contributed by atoms with Crippen LogP contribution >= 0.6 is 0 Å². The van der Waals surface area contributed by atoms with Crippen molar-refractivity contribution in [3.05, 3.63) is 17.5 Å². The van der Waals surface area contributed by atoms with Crippen LogP contribution in [0.1, 0.15) is 17.8 Å². The average Bonchev–Trinajstić information content (AvgIpc) is 2.50. The number of nitrogens with one attached hydrogen (secondary N) is 1. The predicted molar refractivity (Wildman–Crippen MR) is 61.2 cm³/mol. The highest BCUT2D eigenvalue weighted by Crippen LogP contribution is 2.09. The Bertz CT molecular complexity index is 369. The molecule has 0 bridgehead atoms. The largest absolute Gasteiger partial charge is 0.321 e. The van der Waals surface area contributed by atoms with Crippen LogP contribution in [0.5, 0.6) is 0 Å². The van der Waals surface area contributed by atoms with Gasteiger partial charge >= 0.3 is 0 Å². The molecule has 0 unspecified atom stereocenters. The molecule has 7 heteroatoms. The van der Waals surface area contributed by atoms with E-state index in [1.54, 1.807) is 7.05 Å². The van der Waals surface area contributed by atoms with Gasteiger partial charge in [-0.15, -0.1) is 0 Å². The smallest absolute Gasteiger partial charge is 0.189 e. The van der Waals surface area contributed by atoms with Gasteiger partial charge in [0.05, 0.1) is 5.69 Å². The van der Waals surface area contributed by atoms with Gasteiger partial charge in [0, 0.05) is 20.1 Å². The number of nitrogens with two attached hydrogens (primary N) is 2. The van der Waals surface area contributed by atoms with Crippen molar-refractivity contribution in [2.45, 2.75) is 19.5 Å². The van der Waals surface area contributed by atoms with E-state index in [1.807, 2.05) is 10.7 Å². The number of hydrazine groups is 1. The van der Waals surface area contributed by atoms with Gasteiger partial charge in [-0.2, -0.15) is 10.2 Å². The zero-order chi connectivity index (χ0) is 11.5. The summed E-state index contributed by atoms with van der Waals surface area (Å²) < 4.78 is 1.98. The van der Waals surface area contributed by atoms with Crippen LogP contribution < -0.4 is 17.0 Å². The van der Waals surface area contributed by atoms with Crippen molar-refractivity contribution in [2.75, 3.05) is 13.6 Å². The lowest BCUT2D eigenvalue weighted by molar-refractivity contribution is 0.531. The normalized spacial score (nSPS) is 16.8. The quantitative estimate of drug-likeness (QED) is 0.240. The molecule has 0 spiro atoms. The molecular weight excluding hydrogens is 206 g/mol. The standard InChI is InChI=1S/C9H17N7/c1-15(11)9(13-10)8-5-7-6-12-3-2-4-16(7)14-8/h5,12H,2-4,6,10-11H2,1H3/b13-9-. The van der Waals surface area contributed by atoms with Crippen molar-refractivity contribution in [2.24, 2.45) is 16.8 Å². The number of hydrogen-bond acceptors (Lipinski definition) is 5. The first kappa shape index (κ1) is 10.9.